The number of nitrogens with one attached hydrogen (secondary N) is 1. The van der Waals surface area contributed by atoms with Crippen LogP contribution in [0.4, 0.5) is 0 Å². The van der Waals surface area contributed by atoms with Crippen molar-refractivity contribution in [2.24, 2.45) is 0 Å². The number of hydrogen-bond acceptors (Lipinski definition) is 5. The average molecular weight is 1100 g/mol. The first kappa shape index (κ1) is 76.1. The number of aliphatic hydroxyl groups is 2. The molecule has 78 heavy (non-hydrogen) atoms. The van der Waals surface area contributed by atoms with E-state index in [-0.39, 0.29) is 18.5 Å². The maximum absolute atomic E-state index is 12.6. The zero-order chi connectivity index (χ0) is 56.4. The molecule has 0 rings (SSSR count). The lowest BCUT2D eigenvalue weighted by Gasteiger charge is -2.22. The highest BCUT2D eigenvalue weighted by Gasteiger charge is 2.20. The molecular formula is C72H137NO5. The Morgan fingerprint density at radius 3 is 1.03 bits per heavy atom. The van der Waals surface area contributed by atoms with Gasteiger partial charge in [0.2, 0.25) is 5.91 Å². The molecule has 1 amide bonds. The third-order valence-corrected chi connectivity index (χ3v) is 16.4. The molecule has 0 aliphatic rings. The SMILES string of the molecule is CCCC/C=C\CCCCCCCC(=O)OCCCCCCCCCCC/C=C\C/C=C\CCCCCCCCCCCCCC(=O)NC(CO)C(O)CCCCCCCCCCCCCCCCCCCCCCCCC. The van der Waals surface area contributed by atoms with Crippen molar-refractivity contribution >= 4 is 11.9 Å². The lowest BCUT2D eigenvalue weighted by atomic mass is 10.0. The van der Waals surface area contributed by atoms with Crippen LogP contribution in [0, 0.1) is 0 Å². The number of ether oxygens (including phenoxy) is 1. The molecule has 0 saturated heterocycles. The Morgan fingerprint density at radius 2 is 0.654 bits per heavy atom. The number of aliphatic hydroxyl groups excluding tert-OH is 2. The Hall–Kier alpha value is -1.92. The first-order valence-corrected chi connectivity index (χ1v) is 35.2. The van der Waals surface area contributed by atoms with Crippen molar-refractivity contribution in [1.29, 1.82) is 0 Å². The summed E-state index contributed by atoms with van der Waals surface area (Å²) in [5, 5.41) is 23.4. The van der Waals surface area contributed by atoms with Gasteiger partial charge in [-0.3, -0.25) is 9.59 Å². The molecule has 0 bridgehead atoms. The highest BCUT2D eigenvalue weighted by atomic mass is 16.5. The van der Waals surface area contributed by atoms with E-state index in [1.807, 2.05) is 0 Å². The highest BCUT2D eigenvalue weighted by molar-refractivity contribution is 5.76. The van der Waals surface area contributed by atoms with Crippen molar-refractivity contribution in [3.05, 3.63) is 36.5 Å². The van der Waals surface area contributed by atoms with Crippen LogP contribution in [0.2, 0.25) is 0 Å². The van der Waals surface area contributed by atoms with E-state index < -0.39 is 12.1 Å². The van der Waals surface area contributed by atoms with Gasteiger partial charge in [0.1, 0.15) is 0 Å². The lowest BCUT2D eigenvalue weighted by Crippen LogP contribution is -2.45. The molecule has 6 heteroatoms. The first-order chi connectivity index (χ1) is 38.5. The molecule has 460 valence electrons. The Morgan fingerprint density at radius 1 is 0.359 bits per heavy atom. The van der Waals surface area contributed by atoms with E-state index in [1.165, 1.54) is 302 Å². The predicted octanol–water partition coefficient (Wildman–Crippen LogP) is 22.7. The molecule has 0 aromatic carbocycles. The molecule has 0 radical (unpaired) electrons. The first-order valence-electron chi connectivity index (χ1n) is 35.2. The number of esters is 1. The summed E-state index contributed by atoms with van der Waals surface area (Å²) in [6.07, 6.45) is 86.2. The number of allylic oxidation sites excluding steroid dienone is 6. The summed E-state index contributed by atoms with van der Waals surface area (Å²) < 4.78 is 5.46. The fraction of sp³-hybridized carbons (Fsp3) is 0.889. The molecule has 3 N–H and O–H groups in total. The van der Waals surface area contributed by atoms with Gasteiger partial charge in [0.25, 0.3) is 0 Å². The quantitative estimate of drug-likeness (QED) is 0.0320. The van der Waals surface area contributed by atoms with Crippen molar-refractivity contribution in [3.8, 4) is 0 Å². The van der Waals surface area contributed by atoms with Gasteiger partial charge in [-0.2, -0.15) is 0 Å². The summed E-state index contributed by atoms with van der Waals surface area (Å²) >= 11 is 0. The maximum Gasteiger partial charge on any atom is 0.305 e. The van der Waals surface area contributed by atoms with Crippen molar-refractivity contribution in [3.63, 3.8) is 0 Å². The van der Waals surface area contributed by atoms with E-state index in [4.69, 9.17) is 4.74 Å². The van der Waals surface area contributed by atoms with E-state index in [2.05, 4.69) is 55.6 Å². The molecule has 0 aliphatic heterocycles. The minimum atomic E-state index is -0.668. The van der Waals surface area contributed by atoms with Crippen LogP contribution in [0.15, 0.2) is 36.5 Å². The Bertz CT molecular complexity index is 1260. The predicted molar refractivity (Wildman–Crippen MR) is 343 cm³/mol. The zero-order valence-electron chi connectivity index (χ0n) is 52.7. The van der Waals surface area contributed by atoms with Crippen LogP contribution in [0.5, 0.6) is 0 Å². The molecule has 0 heterocycles. The second-order valence-corrected chi connectivity index (χ2v) is 24.2. The van der Waals surface area contributed by atoms with Crippen molar-refractivity contribution in [2.45, 2.75) is 398 Å². The van der Waals surface area contributed by atoms with Gasteiger partial charge in [0, 0.05) is 12.8 Å². The summed E-state index contributed by atoms with van der Waals surface area (Å²) in [6.45, 7) is 4.94. The van der Waals surface area contributed by atoms with Crippen molar-refractivity contribution in [1.82, 2.24) is 5.32 Å². The molecule has 0 aromatic heterocycles. The van der Waals surface area contributed by atoms with E-state index >= 15 is 0 Å². The van der Waals surface area contributed by atoms with Crippen LogP contribution in [-0.2, 0) is 14.3 Å². The molecule has 2 unspecified atom stereocenters. The molecule has 6 nitrogen and oxygen atoms in total. The molecule has 0 fully saturated rings. The Kier molecular flexibility index (Phi) is 65.9. The van der Waals surface area contributed by atoms with E-state index in [9.17, 15) is 19.8 Å². The lowest BCUT2D eigenvalue weighted by molar-refractivity contribution is -0.143. The van der Waals surface area contributed by atoms with E-state index in [1.54, 1.807) is 0 Å². The van der Waals surface area contributed by atoms with Crippen LogP contribution in [0.3, 0.4) is 0 Å². The van der Waals surface area contributed by atoms with Gasteiger partial charge < -0.3 is 20.3 Å². The van der Waals surface area contributed by atoms with Gasteiger partial charge in [-0.15, -0.1) is 0 Å². The number of unbranched alkanes of at least 4 members (excludes halogenated alkanes) is 49. The maximum atomic E-state index is 12.6. The highest BCUT2D eigenvalue weighted by Crippen LogP contribution is 2.19. The van der Waals surface area contributed by atoms with Crippen LogP contribution in [0.1, 0.15) is 386 Å². The number of carbonyl (C=O) groups excluding carboxylic acids is 2. The summed E-state index contributed by atoms with van der Waals surface area (Å²) in [5.74, 6) is -0.0341. The van der Waals surface area contributed by atoms with Crippen molar-refractivity contribution in [2.75, 3.05) is 13.2 Å². The van der Waals surface area contributed by atoms with Crippen molar-refractivity contribution < 1.29 is 24.5 Å². The van der Waals surface area contributed by atoms with E-state index in [0.717, 1.165) is 51.4 Å². The minimum Gasteiger partial charge on any atom is -0.466 e. The molecule has 0 aromatic rings. The number of amides is 1. The van der Waals surface area contributed by atoms with Gasteiger partial charge in [-0.05, 0) is 77.0 Å². The van der Waals surface area contributed by atoms with E-state index in [0.29, 0.717) is 25.9 Å². The zero-order valence-corrected chi connectivity index (χ0v) is 52.7. The van der Waals surface area contributed by atoms with Crippen LogP contribution in [0.25, 0.3) is 0 Å². The number of carbonyl (C=O) groups is 2. The summed E-state index contributed by atoms with van der Waals surface area (Å²) in [6, 6.07) is -0.546. The fourth-order valence-electron chi connectivity index (χ4n) is 11.0. The summed E-state index contributed by atoms with van der Waals surface area (Å²) in [5.41, 5.74) is 0. The minimum absolute atomic E-state index is 0.0000919. The topological polar surface area (TPSA) is 95.9 Å². The molecule has 0 spiro atoms. The van der Waals surface area contributed by atoms with Crippen LogP contribution >= 0.6 is 0 Å². The third-order valence-electron chi connectivity index (χ3n) is 16.4. The van der Waals surface area contributed by atoms with Crippen LogP contribution < -0.4 is 5.32 Å². The summed E-state index contributed by atoms with van der Waals surface area (Å²) in [7, 11) is 0. The largest absolute Gasteiger partial charge is 0.466 e. The Balaban J connectivity index is 3.43. The molecule has 0 aliphatic carbocycles. The van der Waals surface area contributed by atoms with Gasteiger partial charge in [0.15, 0.2) is 0 Å². The average Bonchev–Trinajstić information content (AvgIpc) is 3.44. The monoisotopic (exact) mass is 1100 g/mol. The van der Waals surface area contributed by atoms with Gasteiger partial charge >= 0.3 is 5.97 Å². The molecular weight excluding hydrogens is 959 g/mol. The normalized spacial score (nSPS) is 12.7. The number of hydrogen-bond donors (Lipinski definition) is 3. The molecule has 0 saturated carbocycles. The molecule has 2 atom stereocenters. The van der Waals surface area contributed by atoms with Gasteiger partial charge in [-0.1, -0.05) is 333 Å². The smallest absolute Gasteiger partial charge is 0.305 e. The fourth-order valence-corrected chi connectivity index (χ4v) is 11.0. The number of rotatable bonds is 66. The Labute approximate surface area is 487 Å². The van der Waals surface area contributed by atoms with Crippen LogP contribution in [-0.4, -0.2) is 47.4 Å². The third kappa shape index (κ3) is 63.3. The standard InChI is InChI=1S/C72H137NO5/c1-3-5-7-9-11-13-15-16-17-18-19-20-26-29-32-35-38-41-45-48-52-56-60-64-70(75)69(68-74)73-71(76)65-61-57-53-49-46-42-39-36-33-30-27-24-22-21-23-25-28-31-34-37-40-43-47-51-55-59-63-67-78-72(77)66-62-58-54-50-44-14-12-10-8-6-4-2/h10,12,21-22,25,28,69-70,74-75H,3-9,11,13-20,23-24,26-27,29-68H2,1-2H3,(H,73,76)/b12-10-,22-21-,28-25-. The second kappa shape index (κ2) is 67.6. The van der Waals surface area contributed by atoms with Gasteiger partial charge in [-0.25, -0.2) is 0 Å². The van der Waals surface area contributed by atoms with Gasteiger partial charge in [0.05, 0.1) is 25.4 Å². The second-order valence-electron chi connectivity index (χ2n) is 24.2. The summed E-state index contributed by atoms with van der Waals surface area (Å²) in [4.78, 5) is 24.5.